The second-order valence-electron chi connectivity index (χ2n) is 3.91. The number of fused-ring (bicyclic) bond motifs is 2. The summed E-state index contributed by atoms with van der Waals surface area (Å²) in [6.45, 7) is 0.950. The normalized spacial score (nSPS) is 13.6. The lowest BCUT2D eigenvalue weighted by Gasteiger charge is -2.19. The first kappa shape index (κ1) is 10.6. The quantitative estimate of drug-likeness (QED) is 0.787. The maximum atomic E-state index is 10.9. The Bertz CT molecular complexity index is 654. The first-order valence-corrected chi connectivity index (χ1v) is 5.38. The Balaban J connectivity index is 2.27. The predicted molar refractivity (Wildman–Crippen MR) is 64.1 cm³/mol. The molecule has 0 saturated carbocycles. The van der Waals surface area contributed by atoms with Gasteiger partial charge in [0.2, 0.25) is 0 Å². The molecule has 3 rings (SSSR count). The molecular weight excluding hydrogens is 236 g/mol. The van der Waals surface area contributed by atoms with E-state index in [9.17, 15) is 4.79 Å². The van der Waals surface area contributed by atoms with Crippen molar-refractivity contribution in [1.29, 1.82) is 0 Å². The van der Waals surface area contributed by atoms with Crippen molar-refractivity contribution in [3.8, 4) is 11.5 Å². The molecule has 0 aliphatic carbocycles. The predicted octanol–water partition coefficient (Wildman–Crippen LogP) is 1.29. The van der Waals surface area contributed by atoms with Crippen LogP contribution < -0.4 is 15.2 Å². The Labute approximate surface area is 102 Å². The summed E-state index contributed by atoms with van der Waals surface area (Å²) in [5.74, 6) is 0.0482. The van der Waals surface area contributed by atoms with Crippen LogP contribution in [0.15, 0.2) is 18.2 Å². The van der Waals surface area contributed by atoms with Crippen LogP contribution in [0.5, 0.6) is 11.5 Å². The van der Waals surface area contributed by atoms with Gasteiger partial charge in [-0.05, 0) is 12.1 Å². The maximum Gasteiger partial charge on any atom is 0.354 e. The van der Waals surface area contributed by atoms with Gasteiger partial charge in [-0.2, -0.15) is 0 Å². The van der Waals surface area contributed by atoms with E-state index in [0.29, 0.717) is 41.3 Å². The van der Waals surface area contributed by atoms with Gasteiger partial charge in [0, 0.05) is 17.1 Å². The molecule has 1 aliphatic rings. The van der Waals surface area contributed by atoms with Crippen molar-refractivity contribution in [2.24, 2.45) is 0 Å². The number of nitrogens with two attached hydrogens (primary N) is 1. The molecule has 0 radical (unpaired) electrons. The summed E-state index contributed by atoms with van der Waals surface area (Å²) in [7, 11) is 0. The van der Waals surface area contributed by atoms with Crippen molar-refractivity contribution < 1.29 is 19.4 Å². The van der Waals surface area contributed by atoms with Gasteiger partial charge in [-0.25, -0.2) is 9.78 Å². The Morgan fingerprint density at radius 1 is 1.22 bits per heavy atom. The molecule has 18 heavy (non-hydrogen) atoms. The third-order valence-corrected chi connectivity index (χ3v) is 2.72. The molecule has 1 aromatic carbocycles. The molecule has 6 nitrogen and oxygen atoms in total. The molecule has 0 fully saturated rings. The molecule has 0 unspecified atom stereocenters. The number of hydrogen-bond donors (Lipinski definition) is 2. The summed E-state index contributed by atoms with van der Waals surface area (Å²) >= 11 is 0. The molecule has 0 amide bonds. The van der Waals surface area contributed by atoms with E-state index in [1.807, 2.05) is 0 Å². The van der Waals surface area contributed by atoms with Gasteiger partial charge in [-0.3, -0.25) is 0 Å². The van der Waals surface area contributed by atoms with Crippen LogP contribution in [0.3, 0.4) is 0 Å². The van der Waals surface area contributed by atoms with Crippen molar-refractivity contribution in [2.75, 3.05) is 18.9 Å². The third-order valence-electron chi connectivity index (χ3n) is 2.72. The van der Waals surface area contributed by atoms with E-state index in [4.69, 9.17) is 20.3 Å². The van der Waals surface area contributed by atoms with E-state index in [-0.39, 0.29) is 5.69 Å². The molecule has 6 heteroatoms. The summed E-state index contributed by atoms with van der Waals surface area (Å²) < 4.78 is 10.9. The lowest BCUT2D eigenvalue weighted by Crippen LogP contribution is -2.15. The number of carboxylic acids is 1. The van der Waals surface area contributed by atoms with Gasteiger partial charge in [0.15, 0.2) is 17.2 Å². The fourth-order valence-corrected chi connectivity index (χ4v) is 1.90. The van der Waals surface area contributed by atoms with Crippen LogP contribution in [0.4, 0.5) is 5.69 Å². The number of rotatable bonds is 1. The van der Waals surface area contributed by atoms with Gasteiger partial charge in [0.05, 0.1) is 5.52 Å². The van der Waals surface area contributed by atoms with Crippen molar-refractivity contribution in [3.05, 3.63) is 23.9 Å². The molecule has 2 aromatic rings. The topological polar surface area (TPSA) is 94.7 Å². The van der Waals surface area contributed by atoms with Gasteiger partial charge >= 0.3 is 5.97 Å². The highest BCUT2D eigenvalue weighted by Gasteiger charge is 2.16. The van der Waals surface area contributed by atoms with Crippen LogP contribution in [0.2, 0.25) is 0 Å². The molecule has 0 saturated heterocycles. The Morgan fingerprint density at radius 2 is 1.89 bits per heavy atom. The molecule has 1 aromatic heterocycles. The summed E-state index contributed by atoms with van der Waals surface area (Å²) in [5, 5.41) is 9.59. The zero-order valence-corrected chi connectivity index (χ0v) is 9.34. The summed E-state index contributed by atoms with van der Waals surface area (Å²) in [4.78, 5) is 14.9. The standard InChI is InChI=1S/C12H10N2O4/c13-7-4-9(12(15)16)14-8-5-11-10(3-6(7)8)17-1-2-18-11/h3-5H,1-2H2,(H2,13,14)(H,15,16). The minimum atomic E-state index is -1.11. The molecule has 0 atom stereocenters. The number of carbonyl (C=O) groups is 1. The van der Waals surface area contributed by atoms with Gasteiger partial charge in [0.1, 0.15) is 13.2 Å². The minimum Gasteiger partial charge on any atom is -0.486 e. The largest absolute Gasteiger partial charge is 0.486 e. The third kappa shape index (κ3) is 1.58. The van der Waals surface area contributed by atoms with Gasteiger partial charge in [0.25, 0.3) is 0 Å². The van der Waals surface area contributed by atoms with E-state index in [1.54, 1.807) is 12.1 Å². The van der Waals surface area contributed by atoms with Crippen molar-refractivity contribution >= 4 is 22.6 Å². The zero-order chi connectivity index (χ0) is 12.7. The van der Waals surface area contributed by atoms with Gasteiger partial charge in [-0.15, -0.1) is 0 Å². The summed E-state index contributed by atoms with van der Waals surface area (Å²) in [6, 6.07) is 4.70. The maximum absolute atomic E-state index is 10.9. The molecule has 0 bridgehead atoms. The molecular formula is C12H10N2O4. The highest BCUT2D eigenvalue weighted by Crippen LogP contribution is 2.35. The van der Waals surface area contributed by atoms with Gasteiger partial charge < -0.3 is 20.3 Å². The number of benzene rings is 1. The van der Waals surface area contributed by atoms with Crippen molar-refractivity contribution in [1.82, 2.24) is 4.98 Å². The van der Waals surface area contributed by atoms with E-state index in [0.717, 1.165) is 0 Å². The van der Waals surface area contributed by atoms with Crippen LogP contribution in [0.25, 0.3) is 10.9 Å². The SMILES string of the molecule is Nc1cc(C(=O)O)nc2cc3c(cc12)OCCO3. The first-order chi connectivity index (χ1) is 8.65. The van der Waals surface area contributed by atoms with E-state index in [2.05, 4.69) is 4.98 Å². The zero-order valence-electron chi connectivity index (χ0n) is 9.34. The van der Waals surface area contributed by atoms with E-state index >= 15 is 0 Å². The first-order valence-electron chi connectivity index (χ1n) is 5.38. The highest BCUT2D eigenvalue weighted by molar-refractivity contribution is 5.97. The average Bonchev–Trinajstić information content (AvgIpc) is 2.36. The Hall–Kier alpha value is -2.50. The molecule has 2 heterocycles. The lowest BCUT2D eigenvalue weighted by atomic mass is 10.1. The molecule has 3 N–H and O–H groups in total. The number of pyridine rings is 1. The number of ether oxygens (including phenoxy) is 2. The fraction of sp³-hybridized carbons (Fsp3) is 0.167. The van der Waals surface area contributed by atoms with Crippen LogP contribution in [-0.4, -0.2) is 29.3 Å². The summed E-state index contributed by atoms with van der Waals surface area (Å²) in [6.07, 6.45) is 0. The fourth-order valence-electron chi connectivity index (χ4n) is 1.90. The Kier molecular flexibility index (Phi) is 2.22. The second-order valence-corrected chi connectivity index (χ2v) is 3.91. The number of carboxylic acid groups (broad SMARTS) is 1. The smallest absolute Gasteiger partial charge is 0.354 e. The van der Waals surface area contributed by atoms with E-state index < -0.39 is 5.97 Å². The van der Waals surface area contributed by atoms with Gasteiger partial charge in [-0.1, -0.05) is 0 Å². The van der Waals surface area contributed by atoms with Crippen LogP contribution in [0.1, 0.15) is 10.5 Å². The van der Waals surface area contributed by atoms with Crippen LogP contribution in [-0.2, 0) is 0 Å². The number of aromatic nitrogens is 1. The highest BCUT2D eigenvalue weighted by atomic mass is 16.6. The van der Waals surface area contributed by atoms with Crippen molar-refractivity contribution in [2.45, 2.75) is 0 Å². The molecule has 1 aliphatic heterocycles. The number of nitrogens with zero attached hydrogens (tertiary/aromatic N) is 1. The number of aromatic carboxylic acids is 1. The Morgan fingerprint density at radius 3 is 2.56 bits per heavy atom. The average molecular weight is 246 g/mol. The minimum absolute atomic E-state index is 0.0864. The van der Waals surface area contributed by atoms with Crippen LogP contribution >= 0.6 is 0 Å². The van der Waals surface area contributed by atoms with Crippen LogP contribution in [0, 0.1) is 0 Å². The van der Waals surface area contributed by atoms with Crippen molar-refractivity contribution in [3.63, 3.8) is 0 Å². The number of nitrogen functional groups attached to an aromatic ring is 1. The molecule has 0 spiro atoms. The lowest BCUT2D eigenvalue weighted by molar-refractivity contribution is 0.0691. The van der Waals surface area contributed by atoms with E-state index in [1.165, 1.54) is 6.07 Å². The monoisotopic (exact) mass is 246 g/mol. The summed E-state index contributed by atoms with van der Waals surface area (Å²) in [5.41, 5.74) is 6.58. The second kappa shape index (κ2) is 3.76. The number of hydrogen-bond acceptors (Lipinski definition) is 5. The molecule has 92 valence electrons. The number of anilines is 1.